The van der Waals surface area contributed by atoms with Crippen molar-refractivity contribution >= 4 is 33.9 Å². The predicted octanol–water partition coefficient (Wildman–Crippen LogP) is 4.69. The molecule has 32 heavy (non-hydrogen) atoms. The van der Waals surface area contributed by atoms with E-state index < -0.39 is 11.9 Å². The van der Waals surface area contributed by atoms with Crippen molar-refractivity contribution in [3.05, 3.63) is 65.7 Å². The second-order valence-corrected chi connectivity index (χ2v) is 6.99. The quantitative estimate of drug-likeness (QED) is 0.428. The van der Waals surface area contributed by atoms with Crippen LogP contribution < -0.4 is 19.5 Å². The molecule has 0 unspecified atom stereocenters. The summed E-state index contributed by atoms with van der Waals surface area (Å²) in [5, 5.41) is 4.81. The van der Waals surface area contributed by atoms with Gasteiger partial charge in [-0.2, -0.15) is 0 Å². The number of ether oxygens (including phenoxy) is 4. The molecule has 7 heteroatoms. The van der Waals surface area contributed by atoms with Crippen LogP contribution >= 0.6 is 0 Å². The van der Waals surface area contributed by atoms with E-state index in [-0.39, 0.29) is 11.3 Å². The van der Waals surface area contributed by atoms with Gasteiger partial charge in [0.2, 0.25) is 5.91 Å². The van der Waals surface area contributed by atoms with E-state index in [9.17, 15) is 9.59 Å². The summed E-state index contributed by atoms with van der Waals surface area (Å²) in [5.41, 5.74) is 2.08. The zero-order valence-electron chi connectivity index (χ0n) is 18.6. The smallest absolute Gasteiger partial charge is 0.340 e. The number of carbonyl (C=O) groups excluding carboxylic acids is 2. The van der Waals surface area contributed by atoms with Crippen LogP contribution in [-0.4, -0.2) is 40.3 Å². The third kappa shape index (κ3) is 4.83. The van der Waals surface area contributed by atoms with E-state index in [1.807, 2.05) is 43.3 Å². The zero-order valence-corrected chi connectivity index (χ0v) is 18.6. The number of carbonyl (C=O) groups is 2. The molecule has 0 fully saturated rings. The SMILES string of the molecule is COC(=O)c1cc(OC)c(OC)cc1NC(=O)/C=C(/C)c1ccc2cc(OC)ccc2c1. The average molecular weight is 435 g/mol. The van der Waals surface area contributed by atoms with Crippen molar-refractivity contribution in [1.29, 1.82) is 0 Å². The molecule has 0 spiro atoms. The molecular weight excluding hydrogens is 410 g/mol. The van der Waals surface area contributed by atoms with Gasteiger partial charge in [-0.15, -0.1) is 0 Å². The molecule has 3 aromatic rings. The third-order valence-electron chi connectivity index (χ3n) is 5.04. The summed E-state index contributed by atoms with van der Waals surface area (Å²) < 4.78 is 20.6. The minimum atomic E-state index is -0.605. The number of benzene rings is 3. The minimum Gasteiger partial charge on any atom is -0.497 e. The van der Waals surface area contributed by atoms with Gasteiger partial charge in [0, 0.05) is 18.2 Å². The molecule has 1 amide bonds. The largest absolute Gasteiger partial charge is 0.497 e. The number of anilines is 1. The Morgan fingerprint density at radius 1 is 0.812 bits per heavy atom. The molecule has 0 saturated carbocycles. The number of hydrogen-bond donors (Lipinski definition) is 1. The van der Waals surface area contributed by atoms with Crippen molar-refractivity contribution in [3.63, 3.8) is 0 Å². The number of fused-ring (bicyclic) bond motifs is 1. The van der Waals surface area contributed by atoms with Crippen LogP contribution in [0.2, 0.25) is 0 Å². The highest BCUT2D eigenvalue weighted by Crippen LogP contribution is 2.34. The fraction of sp³-hybridized carbons (Fsp3) is 0.200. The van der Waals surface area contributed by atoms with Crippen LogP contribution in [0.25, 0.3) is 16.3 Å². The Balaban J connectivity index is 1.89. The fourth-order valence-electron chi connectivity index (χ4n) is 3.31. The van der Waals surface area contributed by atoms with Crippen molar-refractivity contribution < 1.29 is 28.5 Å². The van der Waals surface area contributed by atoms with Gasteiger partial charge in [0.25, 0.3) is 0 Å². The summed E-state index contributed by atoms with van der Waals surface area (Å²) in [6.07, 6.45) is 1.47. The second-order valence-electron chi connectivity index (χ2n) is 6.99. The molecule has 7 nitrogen and oxygen atoms in total. The van der Waals surface area contributed by atoms with Crippen molar-refractivity contribution in [2.75, 3.05) is 33.8 Å². The molecule has 0 aliphatic rings. The first-order chi connectivity index (χ1) is 15.4. The lowest BCUT2D eigenvalue weighted by Crippen LogP contribution is -2.14. The predicted molar refractivity (Wildman–Crippen MR) is 124 cm³/mol. The molecule has 0 bridgehead atoms. The first kappa shape index (κ1) is 22.7. The molecule has 0 aliphatic carbocycles. The summed E-state index contributed by atoms with van der Waals surface area (Å²) in [6, 6.07) is 14.7. The summed E-state index contributed by atoms with van der Waals surface area (Å²) in [7, 11) is 5.83. The molecule has 0 saturated heterocycles. The molecular formula is C25H25NO6. The highest BCUT2D eigenvalue weighted by Gasteiger charge is 2.18. The number of nitrogens with one attached hydrogen (secondary N) is 1. The lowest BCUT2D eigenvalue weighted by Gasteiger charge is -2.14. The van der Waals surface area contributed by atoms with Crippen molar-refractivity contribution in [1.82, 2.24) is 0 Å². The zero-order chi connectivity index (χ0) is 23.3. The van der Waals surface area contributed by atoms with Crippen LogP contribution in [0, 0.1) is 0 Å². The Labute approximate surface area is 186 Å². The van der Waals surface area contributed by atoms with Gasteiger partial charge < -0.3 is 24.3 Å². The monoisotopic (exact) mass is 435 g/mol. The summed E-state index contributed by atoms with van der Waals surface area (Å²) in [6.45, 7) is 1.85. The molecule has 3 aromatic carbocycles. The molecule has 0 aromatic heterocycles. The van der Waals surface area contributed by atoms with Crippen LogP contribution in [0.5, 0.6) is 17.2 Å². The van der Waals surface area contributed by atoms with Crippen molar-refractivity contribution in [3.8, 4) is 17.2 Å². The maximum absolute atomic E-state index is 12.7. The molecule has 0 atom stereocenters. The Bertz CT molecular complexity index is 1200. The van der Waals surface area contributed by atoms with E-state index >= 15 is 0 Å². The second kappa shape index (κ2) is 9.87. The van der Waals surface area contributed by atoms with Crippen LogP contribution in [0.1, 0.15) is 22.8 Å². The van der Waals surface area contributed by atoms with Crippen LogP contribution in [0.3, 0.4) is 0 Å². The van der Waals surface area contributed by atoms with Crippen molar-refractivity contribution in [2.45, 2.75) is 6.92 Å². The van der Waals surface area contributed by atoms with Crippen molar-refractivity contribution in [2.24, 2.45) is 0 Å². The van der Waals surface area contributed by atoms with E-state index in [0.717, 1.165) is 27.7 Å². The number of hydrogen-bond acceptors (Lipinski definition) is 6. The Kier molecular flexibility index (Phi) is 7.00. The lowest BCUT2D eigenvalue weighted by molar-refractivity contribution is -0.111. The van der Waals surface area contributed by atoms with E-state index in [2.05, 4.69) is 5.32 Å². The fourth-order valence-corrected chi connectivity index (χ4v) is 3.31. The Morgan fingerprint density at radius 2 is 1.47 bits per heavy atom. The summed E-state index contributed by atoms with van der Waals surface area (Å²) in [5.74, 6) is 0.515. The van der Waals surface area contributed by atoms with Gasteiger partial charge in [-0.3, -0.25) is 4.79 Å². The Hall–Kier alpha value is -4.00. The van der Waals surface area contributed by atoms with Gasteiger partial charge in [0.1, 0.15) is 5.75 Å². The molecule has 3 rings (SSSR count). The molecule has 0 heterocycles. The van der Waals surface area contributed by atoms with E-state index in [1.165, 1.54) is 39.5 Å². The van der Waals surface area contributed by atoms with Crippen LogP contribution in [0.15, 0.2) is 54.6 Å². The average Bonchev–Trinajstić information content (AvgIpc) is 2.82. The third-order valence-corrected chi connectivity index (χ3v) is 5.04. The first-order valence-corrected chi connectivity index (χ1v) is 9.82. The topological polar surface area (TPSA) is 83.1 Å². The summed E-state index contributed by atoms with van der Waals surface area (Å²) in [4.78, 5) is 24.9. The lowest BCUT2D eigenvalue weighted by atomic mass is 10.0. The number of amides is 1. The van der Waals surface area contributed by atoms with Crippen LogP contribution in [0.4, 0.5) is 5.69 Å². The number of allylic oxidation sites excluding steroid dienone is 1. The normalized spacial score (nSPS) is 11.1. The van der Waals surface area contributed by atoms with Gasteiger partial charge in [0.05, 0.1) is 39.7 Å². The maximum Gasteiger partial charge on any atom is 0.340 e. The highest BCUT2D eigenvalue weighted by atomic mass is 16.5. The van der Waals surface area contributed by atoms with E-state index in [0.29, 0.717) is 11.5 Å². The van der Waals surface area contributed by atoms with Crippen LogP contribution in [-0.2, 0) is 9.53 Å². The maximum atomic E-state index is 12.7. The van der Waals surface area contributed by atoms with E-state index in [4.69, 9.17) is 18.9 Å². The highest BCUT2D eigenvalue weighted by molar-refractivity contribution is 6.08. The number of esters is 1. The van der Waals surface area contributed by atoms with Gasteiger partial charge in [-0.1, -0.05) is 18.2 Å². The molecule has 0 aliphatic heterocycles. The minimum absolute atomic E-state index is 0.157. The molecule has 166 valence electrons. The molecule has 0 radical (unpaired) electrons. The first-order valence-electron chi connectivity index (χ1n) is 9.82. The van der Waals surface area contributed by atoms with Gasteiger partial charge in [-0.25, -0.2) is 4.79 Å². The Morgan fingerprint density at radius 3 is 2.12 bits per heavy atom. The molecule has 1 N–H and O–H groups in total. The van der Waals surface area contributed by atoms with Gasteiger partial charge in [-0.05, 0) is 47.0 Å². The van der Waals surface area contributed by atoms with Gasteiger partial charge >= 0.3 is 5.97 Å². The van der Waals surface area contributed by atoms with Gasteiger partial charge in [0.15, 0.2) is 11.5 Å². The number of methoxy groups -OCH3 is 4. The number of rotatable bonds is 7. The summed E-state index contributed by atoms with van der Waals surface area (Å²) >= 11 is 0. The van der Waals surface area contributed by atoms with E-state index in [1.54, 1.807) is 7.11 Å². The standard InChI is InChI=1S/C25H25NO6/c1-15(16-6-7-18-12-19(29-2)9-8-17(18)11-16)10-24(27)26-21-14-23(31-4)22(30-3)13-20(21)25(28)32-5/h6-14H,1-5H3,(H,26,27)/b15-10-.